The third-order valence-corrected chi connectivity index (χ3v) is 3.16. The van der Waals surface area contributed by atoms with Crippen molar-refractivity contribution in [2.45, 2.75) is 26.8 Å². The molecule has 0 saturated carbocycles. The van der Waals surface area contributed by atoms with Crippen LogP contribution in [0.4, 0.5) is 5.95 Å². The number of carbonyl (C=O) groups is 1. The molecule has 0 radical (unpaired) electrons. The molecule has 0 aromatic carbocycles. The van der Waals surface area contributed by atoms with Crippen LogP contribution in [0.25, 0.3) is 11.2 Å². The molecule has 0 bridgehead atoms. The molecule has 0 fully saturated rings. The zero-order chi connectivity index (χ0) is 16.4. The van der Waals surface area contributed by atoms with E-state index in [2.05, 4.69) is 15.3 Å². The molecule has 120 valence electrons. The van der Waals surface area contributed by atoms with Crippen LogP contribution in [0.3, 0.4) is 0 Å². The van der Waals surface area contributed by atoms with Gasteiger partial charge in [0.05, 0.1) is 6.42 Å². The molecule has 2 aromatic rings. The van der Waals surface area contributed by atoms with Crippen molar-refractivity contribution < 1.29 is 9.90 Å². The van der Waals surface area contributed by atoms with E-state index in [1.165, 1.54) is 11.6 Å². The Kier molecular flexibility index (Phi) is 4.34. The minimum atomic E-state index is -0.934. The van der Waals surface area contributed by atoms with Gasteiger partial charge in [-0.25, -0.2) is 4.79 Å². The molecule has 0 amide bonds. The molecular weight excluding hydrogens is 290 g/mol. The first-order valence-corrected chi connectivity index (χ1v) is 6.96. The Hall–Kier alpha value is -2.58. The first-order chi connectivity index (χ1) is 10.3. The van der Waals surface area contributed by atoms with E-state index >= 15 is 0 Å². The van der Waals surface area contributed by atoms with Crippen LogP contribution >= 0.6 is 0 Å². The molecule has 9 heteroatoms. The summed E-state index contributed by atoms with van der Waals surface area (Å²) in [6, 6.07) is 0. The number of imidazole rings is 1. The van der Waals surface area contributed by atoms with Gasteiger partial charge in [-0.3, -0.25) is 18.7 Å². The van der Waals surface area contributed by atoms with Gasteiger partial charge in [-0.1, -0.05) is 13.8 Å². The summed E-state index contributed by atoms with van der Waals surface area (Å²) in [4.78, 5) is 41.9. The van der Waals surface area contributed by atoms with Crippen molar-refractivity contribution in [3.63, 3.8) is 0 Å². The van der Waals surface area contributed by atoms with Gasteiger partial charge in [0.1, 0.15) is 0 Å². The number of fused-ring (bicyclic) bond motifs is 1. The maximum Gasteiger partial charge on any atom is 0.332 e. The number of nitrogens with zero attached hydrogens (tertiary/aromatic N) is 3. The van der Waals surface area contributed by atoms with Crippen molar-refractivity contribution in [1.29, 1.82) is 0 Å². The van der Waals surface area contributed by atoms with E-state index in [9.17, 15) is 14.4 Å². The molecule has 2 aromatic heterocycles. The first-order valence-electron chi connectivity index (χ1n) is 6.96. The SMILES string of the molecule is CC(C)Cn1c(=O)n(C)c(=O)c2[nH]c(NCCC(=O)O)nc21. The smallest absolute Gasteiger partial charge is 0.332 e. The first kappa shape index (κ1) is 15.8. The summed E-state index contributed by atoms with van der Waals surface area (Å²) in [6.07, 6.45) is -0.0755. The summed E-state index contributed by atoms with van der Waals surface area (Å²) in [6.45, 7) is 4.52. The van der Waals surface area contributed by atoms with Crippen molar-refractivity contribution in [3.8, 4) is 0 Å². The number of H-pyrrole nitrogens is 1. The van der Waals surface area contributed by atoms with E-state index in [0.29, 0.717) is 6.54 Å². The van der Waals surface area contributed by atoms with E-state index < -0.39 is 17.2 Å². The van der Waals surface area contributed by atoms with Crippen LogP contribution in [0.2, 0.25) is 0 Å². The lowest BCUT2D eigenvalue weighted by molar-refractivity contribution is -0.136. The number of carboxylic acid groups (broad SMARTS) is 1. The Morgan fingerprint density at radius 3 is 2.68 bits per heavy atom. The lowest BCUT2D eigenvalue weighted by Crippen LogP contribution is -2.38. The van der Waals surface area contributed by atoms with E-state index in [0.717, 1.165) is 4.57 Å². The molecule has 0 spiro atoms. The summed E-state index contributed by atoms with van der Waals surface area (Å²) in [5.74, 6) is -0.453. The second kappa shape index (κ2) is 6.04. The van der Waals surface area contributed by atoms with E-state index in [1.54, 1.807) is 0 Å². The molecule has 0 aliphatic rings. The van der Waals surface area contributed by atoms with Gasteiger partial charge in [0.15, 0.2) is 11.2 Å². The van der Waals surface area contributed by atoms with Gasteiger partial charge in [-0.15, -0.1) is 0 Å². The predicted octanol–water partition coefficient (Wildman–Crippen LogP) is -0.0341. The monoisotopic (exact) mass is 309 g/mol. The van der Waals surface area contributed by atoms with Gasteiger partial charge >= 0.3 is 11.7 Å². The highest BCUT2D eigenvalue weighted by atomic mass is 16.4. The van der Waals surface area contributed by atoms with Crippen LogP contribution in [0.5, 0.6) is 0 Å². The maximum atomic E-state index is 12.2. The number of anilines is 1. The Morgan fingerprint density at radius 2 is 2.09 bits per heavy atom. The normalized spacial score (nSPS) is 11.3. The van der Waals surface area contributed by atoms with E-state index in [1.807, 2.05) is 13.8 Å². The second-order valence-corrected chi connectivity index (χ2v) is 5.51. The van der Waals surface area contributed by atoms with Crippen LogP contribution < -0.4 is 16.6 Å². The van der Waals surface area contributed by atoms with Crippen molar-refractivity contribution in [1.82, 2.24) is 19.1 Å². The van der Waals surface area contributed by atoms with Crippen LogP contribution in [0.1, 0.15) is 20.3 Å². The van der Waals surface area contributed by atoms with Crippen molar-refractivity contribution in [2.75, 3.05) is 11.9 Å². The Morgan fingerprint density at radius 1 is 1.41 bits per heavy atom. The molecule has 0 atom stereocenters. The Balaban J connectivity index is 2.49. The predicted molar refractivity (Wildman–Crippen MR) is 81.2 cm³/mol. The number of aromatic nitrogens is 4. The Labute approximate surface area is 125 Å². The molecule has 0 unspecified atom stereocenters. The topological polar surface area (TPSA) is 122 Å². The molecule has 0 saturated heterocycles. The van der Waals surface area contributed by atoms with Crippen molar-refractivity contribution >= 4 is 23.1 Å². The fraction of sp³-hybridized carbons (Fsp3) is 0.538. The average Bonchev–Trinajstić information content (AvgIpc) is 2.84. The van der Waals surface area contributed by atoms with Gasteiger partial charge < -0.3 is 15.4 Å². The minimum Gasteiger partial charge on any atom is -0.481 e. The molecule has 0 aliphatic carbocycles. The fourth-order valence-electron chi connectivity index (χ4n) is 2.14. The summed E-state index contributed by atoms with van der Waals surface area (Å²) >= 11 is 0. The maximum absolute atomic E-state index is 12.2. The average molecular weight is 309 g/mol. The standard InChI is InChI=1S/C13H19N5O4/c1-7(2)6-18-10-9(11(21)17(3)13(18)22)15-12(16-10)14-5-4-8(19)20/h7H,4-6H2,1-3H3,(H,19,20)(H2,14,15,16). The summed E-state index contributed by atoms with van der Waals surface area (Å²) in [5.41, 5.74) is -0.381. The quantitative estimate of drug-likeness (QED) is 0.688. The van der Waals surface area contributed by atoms with Gasteiger partial charge in [-0.2, -0.15) is 4.98 Å². The summed E-state index contributed by atoms with van der Waals surface area (Å²) < 4.78 is 2.48. The highest BCUT2D eigenvalue weighted by molar-refractivity contribution is 5.73. The highest BCUT2D eigenvalue weighted by Gasteiger charge is 2.16. The third-order valence-electron chi connectivity index (χ3n) is 3.16. The second-order valence-electron chi connectivity index (χ2n) is 5.51. The van der Waals surface area contributed by atoms with Gasteiger partial charge in [0.2, 0.25) is 5.95 Å². The minimum absolute atomic E-state index is 0.0755. The molecule has 2 rings (SSSR count). The highest BCUT2D eigenvalue weighted by Crippen LogP contribution is 2.10. The third kappa shape index (κ3) is 3.02. The molecule has 2 heterocycles. The lowest BCUT2D eigenvalue weighted by atomic mass is 10.2. The molecular formula is C13H19N5O4. The molecule has 22 heavy (non-hydrogen) atoms. The zero-order valence-electron chi connectivity index (χ0n) is 12.7. The van der Waals surface area contributed by atoms with Gasteiger partial charge in [0.25, 0.3) is 5.56 Å². The van der Waals surface area contributed by atoms with Crippen LogP contribution in [-0.4, -0.2) is 36.7 Å². The van der Waals surface area contributed by atoms with Crippen LogP contribution in [0.15, 0.2) is 9.59 Å². The molecule has 9 nitrogen and oxygen atoms in total. The van der Waals surface area contributed by atoms with Crippen molar-refractivity contribution in [2.24, 2.45) is 13.0 Å². The summed E-state index contributed by atoms with van der Waals surface area (Å²) in [7, 11) is 1.42. The number of rotatable bonds is 6. The Bertz CT molecular complexity index is 814. The number of nitrogens with one attached hydrogen (secondary N) is 2. The summed E-state index contributed by atoms with van der Waals surface area (Å²) in [5, 5.41) is 11.4. The number of aliphatic carboxylic acids is 1. The van der Waals surface area contributed by atoms with Crippen molar-refractivity contribution in [3.05, 3.63) is 20.8 Å². The zero-order valence-corrected chi connectivity index (χ0v) is 12.7. The number of hydrogen-bond acceptors (Lipinski definition) is 5. The number of carboxylic acids is 1. The van der Waals surface area contributed by atoms with Gasteiger partial charge in [0, 0.05) is 20.1 Å². The van der Waals surface area contributed by atoms with Crippen LogP contribution in [0, 0.1) is 5.92 Å². The van der Waals surface area contributed by atoms with Crippen LogP contribution in [-0.2, 0) is 18.4 Å². The number of hydrogen-bond donors (Lipinski definition) is 3. The van der Waals surface area contributed by atoms with Gasteiger partial charge in [-0.05, 0) is 5.92 Å². The van der Waals surface area contributed by atoms with E-state index in [4.69, 9.17) is 5.11 Å². The largest absolute Gasteiger partial charge is 0.481 e. The fourth-order valence-corrected chi connectivity index (χ4v) is 2.14. The molecule has 3 N–H and O–H groups in total. The lowest BCUT2D eigenvalue weighted by Gasteiger charge is -2.10. The molecule has 0 aliphatic heterocycles. The number of aromatic amines is 1. The van der Waals surface area contributed by atoms with E-state index in [-0.39, 0.29) is 36.0 Å².